The zero-order chi connectivity index (χ0) is 20.7. The molecule has 1 N–H and O–H groups in total. The first-order valence-corrected chi connectivity index (χ1v) is 11.0. The minimum Gasteiger partial charge on any atom is -0.378 e. The van der Waals surface area contributed by atoms with Crippen LogP contribution in [0.25, 0.3) is 10.8 Å². The van der Waals surface area contributed by atoms with Crippen molar-refractivity contribution >= 4 is 22.4 Å². The molecular weight excluding hydrogens is 368 g/mol. The van der Waals surface area contributed by atoms with Gasteiger partial charge in [0.15, 0.2) is 0 Å². The van der Waals surface area contributed by atoms with Crippen LogP contribution < -0.4 is 5.32 Å². The molecule has 1 aliphatic carbocycles. The van der Waals surface area contributed by atoms with Crippen molar-refractivity contribution in [3.05, 3.63) is 89.5 Å². The second kappa shape index (κ2) is 7.64. The van der Waals surface area contributed by atoms with Crippen LogP contribution in [0, 0.1) is 5.92 Å². The molecule has 152 valence electrons. The third-order valence-electron chi connectivity index (χ3n) is 6.79. The Labute approximate surface area is 178 Å². The van der Waals surface area contributed by atoms with E-state index in [4.69, 9.17) is 0 Å². The molecule has 30 heavy (non-hydrogen) atoms. The highest BCUT2D eigenvalue weighted by atomic mass is 16.2. The molecule has 0 fully saturated rings. The van der Waals surface area contributed by atoms with Crippen LogP contribution in [-0.4, -0.2) is 23.9 Å². The monoisotopic (exact) mass is 396 g/mol. The molecule has 0 saturated carbocycles. The Morgan fingerprint density at radius 3 is 2.60 bits per heavy atom. The van der Waals surface area contributed by atoms with Gasteiger partial charge in [-0.1, -0.05) is 48.6 Å². The zero-order valence-corrected chi connectivity index (χ0v) is 17.6. The van der Waals surface area contributed by atoms with Crippen molar-refractivity contribution in [2.75, 3.05) is 18.4 Å². The van der Waals surface area contributed by atoms with Crippen LogP contribution in [0.5, 0.6) is 0 Å². The summed E-state index contributed by atoms with van der Waals surface area (Å²) in [4.78, 5) is 14.8. The Balaban J connectivity index is 1.52. The highest BCUT2D eigenvalue weighted by Crippen LogP contribution is 2.50. The normalized spacial score (nSPS) is 21.7. The number of carbonyl (C=O) groups excluding carboxylic acids is 1. The Morgan fingerprint density at radius 1 is 1.00 bits per heavy atom. The maximum atomic E-state index is 12.9. The Hall–Kier alpha value is -3.07. The molecular formula is C27H28N2O. The van der Waals surface area contributed by atoms with Crippen molar-refractivity contribution in [1.82, 2.24) is 4.90 Å². The number of fused-ring (bicyclic) bond motifs is 4. The van der Waals surface area contributed by atoms with Gasteiger partial charge in [-0.05, 0) is 72.4 Å². The summed E-state index contributed by atoms with van der Waals surface area (Å²) >= 11 is 0. The number of carbonyl (C=O) groups is 1. The summed E-state index contributed by atoms with van der Waals surface area (Å²) in [6, 6.07) is 21.8. The maximum absolute atomic E-state index is 12.9. The Bertz CT molecular complexity index is 1130. The van der Waals surface area contributed by atoms with Crippen LogP contribution in [0.3, 0.4) is 0 Å². The summed E-state index contributed by atoms with van der Waals surface area (Å²) in [5, 5.41) is 6.37. The molecule has 3 aromatic carbocycles. The lowest BCUT2D eigenvalue weighted by molar-refractivity contribution is 0.0773. The van der Waals surface area contributed by atoms with Gasteiger partial charge in [-0.3, -0.25) is 4.79 Å². The molecule has 0 spiro atoms. The van der Waals surface area contributed by atoms with Crippen molar-refractivity contribution in [2.24, 2.45) is 5.92 Å². The van der Waals surface area contributed by atoms with E-state index in [0.717, 1.165) is 30.8 Å². The predicted octanol–water partition coefficient (Wildman–Crippen LogP) is 6.15. The lowest BCUT2D eigenvalue weighted by Gasteiger charge is -2.38. The van der Waals surface area contributed by atoms with E-state index >= 15 is 0 Å². The number of nitrogens with zero attached hydrogens (tertiary/aromatic N) is 1. The topological polar surface area (TPSA) is 32.3 Å². The van der Waals surface area contributed by atoms with Crippen molar-refractivity contribution in [2.45, 2.75) is 32.2 Å². The van der Waals surface area contributed by atoms with E-state index in [2.05, 4.69) is 72.1 Å². The highest BCUT2D eigenvalue weighted by molar-refractivity contribution is 5.95. The lowest BCUT2D eigenvalue weighted by atomic mass is 9.76. The van der Waals surface area contributed by atoms with E-state index in [0.29, 0.717) is 11.8 Å². The molecule has 1 heterocycles. The van der Waals surface area contributed by atoms with Gasteiger partial charge in [0.05, 0.1) is 6.04 Å². The molecule has 0 saturated heterocycles. The van der Waals surface area contributed by atoms with E-state index in [9.17, 15) is 4.79 Å². The van der Waals surface area contributed by atoms with Gasteiger partial charge in [-0.15, -0.1) is 0 Å². The Kier molecular flexibility index (Phi) is 4.82. The third kappa shape index (κ3) is 3.09. The van der Waals surface area contributed by atoms with E-state index in [1.807, 2.05) is 24.8 Å². The van der Waals surface area contributed by atoms with Gasteiger partial charge in [0.25, 0.3) is 5.91 Å². The van der Waals surface area contributed by atoms with Gasteiger partial charge in [0, 0.05) is 30.3 Å². The minimum absolute atomic E-state index is 0.123. The summed E-state index contributed by atoms with van der Waals surface area (Å²) in [5.41, 5.74) is 4.53. The number of amides is 1. The summed E-state index contributed by atoms with van der Waals surface area (Å²) in [7, 11) is 0. The van der Waals surface area contributed by atoms with Crippen LogP contribution in [0.2, 0.25) is 0 Å². The number of benzene rings is 3. The van der Waals surface area contributed by atoms with Crippen LogP contribution in [0.1, 0.15) is 53.7 Å². The zero-order valence-electron chi connectivity index (χ0n) is 17.6. The van der Waals surface area contributed by atoms with E-state index in [1.54, 1.807) is 0 Å². The number of hydrogen-bond acceptors (Lipinski definition) is 2. The molecule has 3 heteroatoms. The summed E-state index contributed by atoms with van der Waals surface area (Å²) in [5.74, 6) is 0.942. The average molecular weight is 397 g/mol. The van der Waals surface area contributed by atoms with Crippen molar-refractivity contribution in [1.29, 1.82) is 0 Å². The molecule has 3 atom stereocenters. The first-order valence-electron chi connectivity index (χ1n) is 11.0. The molecule has 0 radical (unpaired) electrons. The first kappa shape index (κ1) is 18.9. The number of rotatable bonds is 4. The number of nitrogens with one attached hydrogen (secondary N) is 1. The van der Waals surface area contributed by atoms with Crippen LogP contribution in [-0.2, 0) is 0 Å². The number of anilines is 1. The fourth-order valence-electron chi connectivity index (χ4n) is 5.15. The molecule has 1 aliphatic heterocycles. The fraction of sp³-hybridized carbons (Fsp3) is 0.296. The van der Waals surface area contributed by atoms with Gasteiger partial charge in [0.2, 0.25) is 0 Å². The van der Waals surface area contributed by atoms with Crippen LogP contribution in [0.4, 0.5) is 5.69 Å². The quantitative estimate of drug-likeness (QED) is 0.537. The minimum atomic E-state index is 0.123. The fourth-order valence-corrected chi connectivity index (χ4v) is 5.15. The molecule has 0 aromatic heterocycles. The average Bonchev–Trinajstić information content (AvgIpc) is 3.29. The van der Waals surface area contributed by atoms with Crippen molar-refractivity contribution in [3.8, 4) is 0 Å². The first-order chi connectivity index (χ1) is 14.7. The molecule has 2 aliphatic rings. The van der Waals surface area contributed by atoms with Crippen LogP contribution >= 0.6 is 0 Å². The van der Waals surface area contributed by atoms with Gasteiger partial charge < -0.3 is 10.2 Å². The molecule has 3 aromatic rings. The smallest absolute Gasteiger partial charge is 0.253 e. The third-order valence-corrected chi connectivity index (χ3v) is 6.79. The van der Waals surface area contributed by atoms with Gasteiger partial charge in [-0.25, -0.2) is 0 Å². The van der Waals surface area contributed by atoms with E-state index in [1.165, 1.54) is 21.9 Å². The molecule has 3 unspecified atom stereocenters. The van der Waals surface area contributed by atoms with Gasteiger partial charge in [0.1, 0.15) is 0 Å². The summed E-state index contributed by atoms with van der Waals surface area (Å²) in [6.07, 6.45) is 5.70. The van der Waals surface area contributed by atoms with E-state index in [-0.39, 0.29) is 11.9 Å². The van der Waals surface area contributed by atoms with Crippen molar-refractivity contribution in [3.63, 3.8) is 0 Å². The molecule has 3 nitrogen and oxygen atoms in total. The van der Waals surface area contributed by atoms with Crippen molar-refractivity contribution < 1.29 is 4.79 Å². The van der Waals surface area contributed by atoms with Gasteiger partial charge in [-0.2, -0.15) is 0 Å². The highest BCUT2D eigenvalue weighted by Gasteiger charge is 2.38. The predicted molar refractivity (Wildman–Crippen MR) is 124 cm³/mol. The largest absolute Gasteiger partial charge is 0.378 e. The molecule has 5 rings (SSSR count). The summed E-state index contributed by atoms with van der Waals surface area (Å²) < 4.78 is 0. The number of hydrogen-bond donors (Lipinski definition) is 1. The number of allylic oxidation sites excluding steroid dienone is 2. The Morgan fingerprint density at radius 2 is 1.80 bits per heavy atom. The summed E-state index contributed by atoms with van der Waals surface area (Å²) in [6.45, 7) is 5.54. The standard InChI is InChI=1S/C27H28N2O/c1-3-29(4-2)27(30)21-14-15-25-24(17-21)22-10-7-11-23(22)26(28-25)20-13-12-18-8-5-6-9-19(18)16-20/h5-10,12-17,22-23,26,28H,3-4,11H2,1-2H3. The van der Waals surface area contributed by atoms with E-state index < -0.39 is 0 Å². The maximum Gasteiger partial charge on any atom is 0.253 e. The van der Waals surface area contributed by atoms with Gasteiger partial charge >= 0.3 is 0 Å². The second-order valence-corrected chi connectivity index (χ2v) is 8.36. The molecule has 1 amide bonds. The molecule has 0 bridgehead atoms. The second-order valence-electron chi connectivity index (χ2n) is 8.36. The van der Waals surface area contributed by atoms with Crippen LogP contribution in [0.15, 0.2) is 72.8 Å². The lowest BCUT2D eigenvalue weighted by Crippen LogP contribution is -2.32. The SMILES string of the molecule is CCN(CC)C(=O)c1ccc2c(c1)C1C=CCC1C(c1ccc3ccccc3c1)N2.